The Balaban J connectivity index is 1.66. The fourth-order valence-corrected chi connectivity index (χ4v) is 2.71. The Morgan fingerprint density at radius 3 is 2.32 bits per heavy atom. The lowest BCUT2D eigenvalue weighted by Crippen LogP contribution is -2.47. The second-order valence-corrected chi connectivity index (χ2v) is 5.50. The topological polar surface area (TPSA) is 18.5 Å². The van der Waals surface area contributed by atoms with Crippen LogP contribution in [0, 0.1) is 0 Å². The summed E-state index contributed by atoms with van der Waals surface area (Å²) in [6.45, 7) is 10.3. The van der Waals surface area contributed by atoms with Gasteiger partial charge in [0.2, 0.25) is 0 Å². The first-order valence-electron chi connectivity index (χ1n) is 7.22. The van der Waals surface area contributed by atoms with Gasteiger partial charge in [-0.15, -0.1) is 0 Å². The zero-order valence-corrected chi connectivity index (χ0v) is 12.5. The first kappa shape index (κ1) is 14.6. The largest absolute Gasteiger partial charge is 0.383 e. The molecule has 1 heterocycles. The van der Waals surface area contributed by atoms with E-state index >= 15 is 0 Å². The molecule has 0 amide bonds. The van der Waals surface area contributed by atoms with Crippen molar-refractivity contribution in [3.63, 3.8) is 0 Å². The molecule has 0 radical (unpaired) electrons. The number of nitrogens with zero attached hydrogens (tertiary/aromatic N) is 2. The number of halogens is 1. The highest BCUT2D eigenvalue weighted by molar-refractivity contribution is 6.33. The summed E-state index contributed by atoms with van der Waals surface area (Å²) in [5, 5.41) is 4.21. The molecule has 0 spiro atoms. The van der Waals surface area contributed by atoms with Crippen LogP contribution in [-0.2, 0) is 0 Å². The second kappa shape index (κ2) is 7.73. The summed E-state index contributed by atoms with van der Waals surface area (Å²) in [6, 6.07) is 7.92. The van der Waals surface area contributed by atoms with E-state index in [4.69, 9.17) is 11.6 Å². The van der Waals surface area contributed by atoms with Crippen LogP contribution >= 0.6 is 11.6 Å². The van der Waals surface area contributed by atoms with Crippen LogP contribution in [0.4, 0.5) is 5.69 Å². The zero-order chi connectivity index (χ0) is 13.5. The Kier molecular flexibility index (Phi) is 5.95. The van der Waals surface area contributed by atoms with Crippen LogP contribution in [0.5, 0.6) is 0 Å². The molecule has 0 aliphatic carbocycles. The Morgan fingerprint density at radius 2 is 1.68 bits per heavy atom. The standard InChI is InChI=1S/C15H24ClN3/c1-2-8-18-10-12-19(13-11-18)9-7-17-15-6-4-3-5-14(15)16/h3-6,17H,2,7-13H2,1H3. The van der Waals surface area contributed by atoms with Gasteiger partial charge in [0.05, 0.1) is 10.7 Å². The normalized spacial score (nSPS) is 17.6. The van der Waals surface area contributed by atoms with Crippen LogP contribution in [0.25, 0.3) is 0 Å². The van der Waals surface area contributed by atoms with Crippen molar-refractivity contribution in [3.8, 4) is 0 Å². The van der Waals surface area contributed by atoms with Gasteiger partial charge in [0.15, 0.2) is 0 Å². The van der Waals surface area contributed by atoms with Crippen molar-refractivity contribution in [1.82, 2.24) is 9.80 Å². The van der Waals surface area contributed by atoms with Crippen LogP contribution in [0.2, 0.25) is 5.02 Å². The average molecular weight is 282 g/mol. The molecule has 1 aliphatic heterocycles. The molecule has 1 fully saturated rings. The first-order valence-corrected chi connectivity index (χ1v) is 7.60. The SMILES string of the molecule is CCCN1CCN(CCNc2ccccc2Cl)CC1. The molecule has 4 heteroatoms. The maximum Gasteiger partial charge on any atom is 0.0637 e. The third-order valence-corrected chi connectivity index (χ3v) is 3.95. The molecule has 3 nitrogen and oxygen atoms in total. The van der Waals surface area contributed by atoms with E-state index in [0.717, 1.165) is 23.8 Å². The van der Waals surface area contributed by atoms with Gasteiger partial charge in [0.25, 0.3) is 0 Å². The number of benzene rings is 1. The maximum atomic E-state index is 6.12. The van der Waals surface area contributed by atoms with Crippen LogP contribution in [0.15, 0.2) is 24.3 Å². The molecule has 0 bridgehead atoms. The number of nitrogens with one attached hydrogen (secondary N) is 1. The number of anilines is 1. The van der Waals surface area contributed by atoms with E-state index in [1.807, 2.05) is 24.3 Å². The predicted molar refractivity (Wildman–Crippen MR) is 83.1 cm³/mol. The van der Waals surface area contributed by atoms with E-state index in [9.17, 15) is 0 Å². The lowest BCUT2D eigenvalue weighted by Gasteiger charge is -2.34. The average Bonchev–Trinajstić information content (AvgIpc) is 2.43. The third kappa shape index (κ3) is 4.68. The molecular weight excluding hydrogens is 258 g/mol. The number of piperazine rings is 1. The molecule has 0 unspecified atom stereocenters. The lowest BCUT2D eigenvalue weighted by molar-refractivity contribution is 0.136. The van der Waals surface area contributed by atoms with Crippen molar-refractivity contribution in [2.75, 3.05) is 51.1 Å². The quantitative estimate of drug-likeness (QED) is 0.865. The molecule has 1 N–H and O–H groups in total. The Hall–Kier alpha value is -0.770. The van der Waals surface area contributed by atoms with Gasteiger partial charge in [-0.2, -0.15) is 0 Å². The minimum Gasteiger partial charge on any atom is -0.383 e. The van der Waals surface area contributed by atoms with Crippen LogP contribution in [0.1, 0.15) is 13.3 Å². The van der Waals surface area contributed by atoms with E-state index < -0.39 is 0 Å². The fraction of sp³-hybridized carbons (Fsp3) is 0.600. The van der Waals surface area contributed by atoms with Gasteiger partial charge in [0, 0.05) is 39.3 Å². The van der Waals surface area contributed by atoms with E-state index in [1.165, 1.54) is 39.1 Å². The van der Waals surface area contributed by atoms with Crippen molar-refractivity contribution in [3.05, 3.63) is 29.3 Å². The monoisotopic (exact) mass is 281 g/mol. The summed E-state index contributed by atoms with van der Waals surface area (Å²) in [5.74, 6) is 0. The molecule has 1 aromatic rings. The minimum atomic E-state index is 0.801. The van der Waals surface area contributed by atoms with Crippen LogP contribution in [-0.4, -0.2) is 55.6 Å². The smallest absolute Gasteiger partial charge is 0.0637 e. The van der Waals surface area contributed by atoms with Gasteiger partial charge >= 0.3 is 0 Å². The Morgan fingerprint density at radius 1 is 1.05 bits per heavy atom. The summed E-state index contributed by atoms with van der Waals surface area (Å²) < 4.78 is 0. The Labute approximate surface area is 121 Å². The molecule has 0 saturated carbocycles. The molecule has 1 aromatic carbocycles. The highest BCUT2D eigenvalue weighted by Crippen LogP contribution is 2.19. The van der Waals surface area contributed by atoms with Crippen molar-refractivity contribution in [2.45, 2.75) is 13.3 Å². The molecule has 1 saturated heterocycles. The number of hydrogen-bond acceptors (Lipinski definition) is 3. The summed E-state index contributed by atoms with van der Waals surface area (Å²) in [7, 11) is 0. The maximum absolute atomic E-state index is 6.12. The van der Waals surface area contributed by atoms with E-state index in [2.05, 4.69) is 22.0 Å². The molecular formula is C15H24ClN3. The summed E-state index contributed by atoms with van der Waals surface area (Å²) in [4.78, 5) is 5.08. The van der Waals surface area contributed by atoms with E-state index in [1.54, 1.807) is 0 Å². The van der Waals surface area contributed by atoms with Gasteiger partial charge in [-0.05, 0) is 25.1 Å². The molecule has 106 valence electrons. The van der Waals surface area contributed by atoms with E-state index in [0.29, 0.717) is 0 Å². The van der Waals surface area contributed by atoms with Crippen molar-refractivity contribution in [2.24, 2.45) is 0 Å². The summed E-state index contributed by atoms with van der Waals surface area (Å²) >= 11 is 6.12. The molecule has 0 aromatic heterocycles. The summed E-state index contributed by atoms with van der Waals surface area (Å²) in [6.07, 6.45) is 1.26. The molecule has 1 aliphatic rings. The van der Waals surface area contributed by atoms with Crippen molar-refractivity contribution < 1.29 is 0 Å². The van der Waals surface area contributed by atoms with Gasteiger partial charge in [-0.1, -0.05) is 30.7 Å². The number of rotatable bonds is 6. The first-order chi connectivity index (χ1) is 9.29. The molecule has 2 rings (SSSR count). The minimum absolute atomic E-state index is 0.801. The van der Waals surface area contributed by atoms with Gasteiger partial charge < -0.3 is 10.2 Å². The van der Waals surface area contributed by atoms with Crippen LogP contribution < -0.4 is 5.32 Å². The summed E-state index contributed by atoms with van der Waals surface area (Å²) in [5.41, 5.74) is 1.04. The van der Waals surface area contributed by atoms with Gasteiger partial charge in [-0.25, -0.2) is 0 Å². The zero-order valence-electron chi connectivity index (χ0n) is 11.7. The second-order valence-electron chi connectivity index (χ2n) is 5.09. The predicted octanol–water partition coefficient (Wildman–Crippen LogP) is 2.78. The van der Waals surface area contributed by atoms with Crippen molar-refractivity contribution >= 4 is 17.3 Å². The van der Waals surface area contributed by atoms with Gasteiger partial charge in [0.1, 0.15) is 0 Å². The van der Waals surface area contributed by atoms with Crippen molar-refractivity contribution in [1.29, 1.82) is 0 Å². The van der Waals surface area contributed by atoms with Gasteiger partial charge in [-0.3, -0.25) is 4.90 Å². The van der Waals surface area contributed by atoms with E-state index in [-0.39, 0.29) is 0 Å². The third-order valence-electron chi connectivity index (χ3n) is 3.62. The fourth-order valence-electron chi connectivity index (χ4n) is 2.51. The number of para-hydroxylation sites is 1. The highest BCUT2D eigenvalue weighted by atomic mass is 35.5. The lowest BCUT2D eigenvalue weighted by atomic mass is 10.3. The Bertz CT molecular complexity index is 375. The highest BCUT2D eigenvalue weighted by Gasteiger charge is 2.15. The van der Waals surface area contributed by atoms with Crippen LogP contribution in [0.3, 0.4) is 0 Å². The molecule has 0 atom stereocenters. The molecule has 19 heavy (non-hydrogen) atoms. The number of hydrogen-bond donors (Lipinski definition) is 1.